The fraction of sp³-hybridized carbons (Fsp3) is 0.263. The zero-order valence-electron chi connectivity index (χ0n) is 14.6. The Hall–Kier alpha value is -3.22. The Morgan fingerprint density at radius 1 is 1.08 bits per heavy atom. The van der Waals surface area contributed by atoms with Crippen LogP contribution in [0.25, 0.3) is 0 Å². The van der Waals surface area contributed by atoms with Crippen LogP contribution in [-0.2, 0) is 16.1 Å². The molecule has 0 unspecified atom stereocenters. The number of methoxy groups -OCH3 is 2. The molecular formula is C19H21NO6. The van der Waals surface area contributed by atoms with Gasteiger partial charge in [-0.25, -0.2) is 4.79 Å². The minimum absolute atomic E-state index is 0.0850. The molecule has 0 spiro atoms. The van der Waals surface area contributed by atoms with E-state index in [0.29, 0.717) is 17.1 Å². The van der Waals surface area contributed by atoms with E-state index in [4.69, 9.17) is 14.2 Å². The lowest BCUT2D eigenvalue weighted by atomic mass is 10.0. The average Bonchev–Trinajstić information content (AvgIpc) is 2.65. The molecule has 0 aliphatic carbocycles. The summed E-state index contributed by atoms with van der Waals surface area (Å²) in [4.78, 5) is 23.4. The molecule has 2 aromatic carbocycles. The summed E-state index contributed by atoms with van der Waals surface area (Å²) in [6.07, 6.45) is -1.05. The number of carboxylic acids is 1. The second kappa shape index (κ2) is 9.31. The number of amides is 1. The van der Waals surface area contributed by atoms with Gasteiger partial charge in [0.2, 0.25) is 0 Å². The van der Waals surface area contributed by atoms with Crippen LogP contribution >= 0.6 is 0 Å². The van der Waals surface area contributed by atoms with E-state index in [-0.39, 0.29) is 13.0 Å². The summed E-state index contributed by atoms with van der Waals surface area (Å²) in [7, 11) is 2.97. The Morgan fingerprint density at radius 2 is 1.81 bits per heavy atom. The molecular weight excluding hydrogens is 338 g/mol. The summed E-state index contributed by atoms with van der Waals surface area (Å²) >= 11 is 0. The predicted molar refractivity (Wildman–Crippen MR) is 94.3 cm³/mol. The average molecular weight is 359 g/mol. The molecule has 0 saturated heterocycles. The van der Waals surface area contributed by atoms with Gasteiger partial charge in [-0.1, -0.05) is 30.3 Å². The normalized spacial score (nSPS) is 11.3. The van der Waals surface area contributed by atoms with E-state index in [1.807, 2.05) is 30.3 Å². The minimum Gasteiger partial charge on any atom is -0.497 e. The van der Waals surface area contributed by atoms with Gasteiger partial charge in [0.1, 0.15) is 18.1 Å². The Kier molecular flexibility index (Phi) is 6.84. The van der Waals surface area contributed by atoms with Gasteiger partial charge in [-0.15, -0.1) is 0 Å². The summed E-state index contributed by atoms with van der Waals surface area (Å²) in [5.74, 6) is -0.0979. The van der Waals surface area contributed by atoms with Crippen molar-refractivity contribution < 1.29 is 28.9 Å². The van der Waals surface area contributed by atoms with E-state index < -0.39 is 18.1 Å². The van der Waals surface area contributed by atoms with E-state index >= 15 is 0 Å². The molecule has 1 amide bonds. The van der Waals surface area contributed by atoms with Crippen molar-refractivity contribution in [1.82, 2.24) is 5.32 Å². The van der Waals surface area contributed by atoms with Crippen molar-refractivity contribution >= 4 is 12.1 Å². The molecule has 138 valence electrons. The molecule has 2 rings (SSSR count). The maximum atomic E-state index is 12.1. The Balaban J connectivity index is 2.14. The number of nitrogens with one attached hydrogen (secondary N) is 1. The highest BCUT2D eigenvalue weighted by Crippen LogP contribution is 2.31. The van der Waals surface area contributed by atoms with Crippen LogP contribution in [0.1, 0.15) is 23.6 Å². The molecule has 0 bridgehead atoms. The number of alkyl carbamates (subject to hydrolysis) is 1. The molecule has 0 radical (unpaired) electrons. The number of benzene rings is 2. The van der Waals surface area contributed by atoms with Crippen LogP contribution in [0.4, 0.5) is 4.79 Å². The lowest BCUT2D eigenvalue weighted by Gasteiger charge is -2.20. The fourth-order valence-corrected chi connectivity index (χ4v) is 2.43. The summed E-state index contributed by atoms with van der Waals surface area (Å²) in [5, 5.41) is 11.8. The molecule has 7 heteroatoms. The van der Waals surface area contributed by atoms with E-state index in [2.05, 4.69) is 5.32 Å². The van der Waals surface area contributed by atoms with E-state index in [9.17, 15) is 14.7 Å². The number of aliphatic carboxylic acids is 1. The van der Waals surface area contributed by atoms with Crippen molar-refractivity contribution in [3.8, 4) is 11.5 Å². The first-order valence-corrected chi connectivity index (χ1v) is 7.94. The molecule has 0 aromatic heterocycles. The predicted octanol–water partition coefficient (Wildman–Crippen LogP) is 3.15. The molecule has 0 fully saturated rings. The lowest BCUT2D eigenvalue weighted by molar-refractivity contribution is -0.137. The highest BCUT2D eigenvalue weighted by Gasteiger charge is 2.23. The van der Waals surface area contributed by atoms with Crippen molar-refractivity contribution in [2.24, 2.45) is 0 Å². The van der Waals surface area contributed by atoms with Gasteiger partial charge < -0.3 is 24.6 Å². The fourth-order valence-electron chi connectivity index (χ4n) is 2.43. The third kappa shape index (κ3) is 5.41. The first-order valence-electron chi connectivity index (χ1n) is 7.94. The molecule has 2 aromatic rings. The third-order valence-electron chi connectivity index (χ3n) is 3.70. The van der Waals surface area contributed by atoms with Gasteiger partial charge in [-0.05, 0) is 23.8 Å². The summed E-state index contributed by atoms with van der Waals surface area (Å²) in [6, 6.07) is 13.3. The van der Waals surface area contributed by atoms with Crippen LogP contribution in [0.15, 0.2) is 48.5 Å². The van der Waals surface area contributed by atoms with Crippen LogP contribution in [0.5, 0.6) is 11.5 Å². The molecule has 2 N–H and O–H groups in total. The quantitative estimate of drug-likeness (QED) is 0.752. The monoisotopic (exact) mass is 359 g/mol. The van der Waals surface area contributed by atoms with Gasteiger partial charge in [-0.2, -0.15) is 0 Å². The number of rotatable bonds is 8. The maximum Gasteiger partial charge on any atom is 0.407 e. The topological polar surface area (TPSA) is 94.1 Å². The van der Waals surface area contributed by atoms with Crippen molar-refractivity contribution in [2.45, 2.75) is 19.1 Å². The standard InChI is InChI=1S/C19H21NO6/c1-24-14-8-9-17(25-2)15(10-14)16(11-18(21)22)20-19(23)26-12-13-6-4-3-5-7-13/h3-10,16H,11-12H2,1-2H3,(H,20,23)(H,21,22)/t16-/m1/s1. The lowest BCUT2D eigenvalue weighted by Crippen LogP contribution is -2.31. The second-order valence-corrected chi connectivity index (χ2v) is 5.46. The Labute approximate surface area is 151 Å². The second-order valence-electron chi connectivity index (χ2n) is 5.46. The van der Waals surface area contributed by atoms with Gasteiger partial charge in [0.15, 0.2) is 0 Å². The van der Waals surface area contributed by atoms with Crippen molar-refractivity contribution in [3.05, 3.63) is 59.7 Å². The molecule has 26 heavy (non-hydrogen) atoms. The number of hydrogen-bond acceptors (Lipinski definition) is 5. The van der Waals surface area contributed by atoms with Gasteiger partial charge in [0.05, 0.1) is 26.7 Å². The molecule has 7 nitrogen and oxygen atoms in total. The Bertz CT molecular complexity index is 747. The smallest absolute Gasteiger partial charge is 0.407 e. The summed E-state index contributed by atoms with van der Waals surface area (Å²) < 4.78 is 15.6. The summed E-state index contributed by atoms with van der Waals surface area (Å²) in [6.45, 7) is 0.0850. The molecule has 0 saturated carbocycles. The van der Waals surface area contributed by atoms with E-state index in [1.165, 1.54) is 14.2 Å². The maximum absolute atomic E-state index is 12.1. The molecule has 0 heterocycles. The van der Waals surface area contributed by atoms with E-state index in [1.54, 1.807) is 18.2 Å². The highest BCUT2D eigenvalue weighted by molar-refractivity contribution is 5.72. The van der Waals surface area contributed by atoms with Crippen molar-refractivity contribution in [2.75, 3.05) is 14.2 Å². The largest absolute Gasteiger partial charge is 0.497 e. The highest BCUT2D eigenvalue weighted by atomic mass is 16.5. The van der Waals surface area contributed by atoms with Crippen LogP contribution in [-0.4, -0.2) is 31.4 Å². The Morgan fingerprint density at radius 3 is 2.42 bits per heavy atom. The van der Waals surface area contributed by atoms with E-state index in [0.717, 1.165) is 5.56 Å². The molecule has 0 aliphatic rings. The van der Waals surface area contributed by atoms with Gasteiger partial charge in [0, 0.05) is 5.56 Å². The molecule has 1 atom stereocenters. The van der Waals surface area contributed by atoms with Crippen molar-refractivity contribution in [3.63, 3.8) is 0 Å². The summed E-state index contributed by atoms with van der Waals surface area (Å²) in [5.41, 5.74) is 1.32. The van der Waals surface area contributed by atoms with Crippen molar-refractivity contribution in [1.29, 1.82) is 0 Å². The van der Waals surface area contributed by atoms with Gasteiger partial charge in [-0.3, -0.25) is 4.79 Å². The third-order valence-corrected chi connectivity index (χ3v) is 3.70. The SMILES string of the molecule is COc1ccc(OC)c([C@@H](CC(=O)O)NC(=O)OCc2ccccc2)c1. The number of carboxylic acid groups (broad SMARTS) is 1. The minimum atomic E-state index is -1.07. The zero-order chi connectivity index (χ0) is 18.9. The van der Waals surface area contributed by atoms with Crippen LogP contribution in [0.2, 0.25) is 0 Å². The van der Waals surface area contributed by atoms with Crippen LogP contribution in [0, 0.1) is 0 Å². The number of hydrogen-bond donors (Lipinski definition) is 2. The first kappa shape index (κ1) is 19.1. The number of carbonyl (C=O) groups is 2. The first-order chi connectivity index (χ1) is 12.5. The molecule has 0 aliphatic heterocycles. The van der Waals surface area contributed by atoms with Gasteiger partial charge >= 0.3 is 12.1 Å². The number of ether oxygens (including phenoxy) is 3. The van der Waals surface area contributed by atoms with Gasteiger partial charge in [0.25, 0.3) is 0 Å². The van der Waals surface area contributed by atoms with Crippen LogP contribution in [0.3, 0.4) is 0 Å². The zero-order valence-corrected chi connectivity index (χ0v) is 14.6. The number of carbonyl (C=O) groups excluding carboxylic acids is 1. The van der Waals surface area contributed by atoms with Crippen LogP contribution < -0.4 is 14.8 Å².